The Kier molecular flexibility index (Phi) is 6.56. The van der Waals surface area contributed by atoms with Gasteiger partial charge in [-0.3, -0.25) is 4.79 Å². The van der Waals surface area contributed by atoms with Crippen molar-refractivity contribution in [2.24, 2.45) is 0 Å². The van der Waals surface area contributed by atoms with E-state index in [2.05, 4.69) is 17.6 Å². The van der Waals surface area contributed by atoms with Crippen LogP contribution in [0.25, 0.3) is 0 Å². The average molecular weight is 353 g/mol. The Bertz CT molecular complexity index is 660. The van der Waals surface area contributed by atoms with Crippen molar-refractivity contribution < 1.29 is 9.53 Å². The van der Waals surface area contributed by atoms with Gasteiger partial charge in [-0.2, -0.15) is 0 Å². The van der Waals surface area contributed by atoms with Crippen LogP contribution in [0.1, 0.15) is 13.3 Å². The lowest BCUT2D eigenvalue weighted by Gasteiger charge is -2.09. The highest BCUT2D eigenvalue weighted by molar-refractivity contribution is 6.42. The van der Waals surface area contributed by atoms with E-state index in [4.69, 9.17) is 27.9 Å². The maximum absolute atomic E-state index is 11.9. The minimum Gasteiger partial charge on any atom is -0.494 e. The molecule has 23 heavy (non-hydrogen) atoms. The fourth-order valence-electron chi connectivity index (χ4n) is 1.85. The highest BCUT2D eigenvalue weighted by Crippen LogP contribution is 2.25. The van der Waals surface area contributed by atoms with Crippen molar-refractivity contribution in [1.82, 2.24) is 0 Å². The van der Waals surface area contributed by atoms with E-state index < -0.39 is 0 Å². The molecule has 0 unspecified atom stereocenters. The van der Waals surface area contributed by atoms with Crippen molar-refractivity contribution in [3.05, 3.63) is 52.5 Å². The van der Waals surface area contributed by atoms with Gasteiger partial charge in [-0.25, -0.2) is 0 Å². The minimum atomic E-state index is -0.172. The zero-order valence-electron chi connectivity index (χ0n) is 12.7. The number of carbonyl (C=O) groups is 1. The van der Waals surface area contributed by atoms with Crippen LogP contribution in [0.2, 0.25) is 10.0 Å². The molecule has 0 spiro atoms. The first-order valence-corrected chi connectivity index (χ1v) is 8.05. The normalized spacial score (nSPS) is 10.2. The number of amides is 1. The van der Waals surface area contributed by atoms with Crippen LogP contribution >= 0.6 is 23.2 Å². The molecule has 0 aromatic heterocycles. The molecule has 0 aliphatic carbocycles. The zero-order valence-corrected chi connectivity index (χ0v) is 14.2. The summed E-state index contributed by atoms with van der Waals surface area (Å²) in [5.41, 5.74) is 1.45. The van der Waals surface area contributed by atoms with Gasteiger partial charge in [0.2, 0.25) is 5.91 Å². The smallest absolute Gasteiger partial charge is 0.243 e. The Morgan fingerprint density at radius 1 is 1.04 bits per heavy atom. The molecular formula is C17H18Cl2N2O2. The largest absolute Gasteiger partial charge is 0.494 e. The Balaban J connectivity index is 1.82. The molecule has 0 saturated carbocycles. The Hall–Kier alpha value is -1.91. The fourth-order valence-corrected chi connectivity index (χ4v) is 2.15. The summed E-state index contributed by atoms with van der Waals surface area (Å²) in [5, 5.41) is 6.65. The van der Waals surface area contributed by atoms with Crippen LogP contribution in [0.15, 0.2) is 42.5 Å². The molecule has 0 bridgehead atoms. The molecule has 0 radical (unpaired) electrons. The summed E-state index contributed by atoms with van der Waals surface area (Å²) in [5.74, 6) is 0.646. The van der Waals surface area contributed by atoms with Crippen molar-refractivity contribution in [1.29, 1.82) is 0 Å². The molecule has 122 valence electrons. The number of benzene rings is 2. The molecule has 2 aromatic carbocycles. The van der Waals surface area contributed by atoms with Crippen LogP contribution in [0, 0.1) is 0 Å². The Morgan fingerprint density at radius 2 is 1.74 bits per heavy atom. The van der Waals surface area contributed by atoms with E-state index in [1.165, 1.54) is 0 Å². The Morgan fingerprint density at radius 3 is 2.39 bits per heavy atom. The van der Waals surface area contributed by atoms with Crippen LogP contribution in [-0.4, -0.2) is 19.1 Å². The first kappa shape index (κ1) is 17.4. The first-order chi connectivity index (χ1) is 11.1. The maximum Gasteiger partial charge on any atom is 0.243 e. The average Bonchev–Trinajstić information content (AvgIpc) is 2.55. The van der Waals surface area contributed by atoms with Gasteiger partial charge in [0.1, 0.15) is 5.75 Å². The lowest BCUT2D eigenvalue weighted by atomic mass is 10.3. The highest BCUT2D eigenvalue weighted by atomic mass is 35.5. The molecule has 0 aliphatic rings. The van der Waals surface area contributed by atoms with Crippen LogP contribution in [0.5, 0.6) is 5.75 Å². The number of hydrogen-bond acceptors (Lipinski definition) is 3. The molecule has 2 N–H and O–H groups in total. The molecule has 0 heterocycles. The van der Waals surface area contributed by atoms with Crippen molar-refractivity contribution in [3.8, 4) is 5.75 Å². The predicted molar refractivity (Wildman–Crippen MR) is 95.8 cm³/mol. The van der Waals surface area contributed by atoms with E-state index in [9.17, 15) is 4.79 Å². The summed E-state index contributed by atoms with van der Waals surface area (Å²) in [6.45, 7) is 2.90. The molecule has 0 saturated heterocycles. The Labute approximate surface area is 145 Å². The molecule has 0 atom stereocenters. The standard InChI is InChI=1S/C17H18Cl2N2O2/c1-2-9-23-14-6-3-12(4-7-14)20-11-17(22)21-13-5-8-15(18)16(19)10-13/h3-8,10,20H,2,9,11H2,1H3,(H,21,22). The summed E-state index contributed by atoms with van der Waals surface area (Å²) in [4.78, 5) is 11.9. The second-order valence-electron chi connectivity index (χ2n) is 4.90. The summed E-state index contributed by atoms with van der Waals surface area (Å²) in [6, 6.07) is 12.4. The summed E-state index contributed by atoms with van der Waals surface area (Å²) in [7, 11) is 0. The van der Waals surface area contributed by atoms with Gasteiger partial charge in [-0.05, 0) is 48.9 Å². The summed E-state index contributed by atoms with van der Waals surface area (Å²) < 4.78 is 5.51. The van der Waals surface area contributed by atoms with Gasteiger partial charge in [0.25, 0.3) is 0 Å². The second kappa shape index (κ2) is 8.65. The first-order valence-electron chi connectivity index (χ1n) is 7.30. The minimum absolute atomic E-state index is 0.148. The molecule has 0 aliphatic heterocycles. The second-order valence-corrected chi connectivity index (χ2v) is 5.72. The van der Waals surface area contributed by atoms with Gasteiger partial charge < -0.3 is 15.4 Å². The van der Waals surface area contributed by atoms with Crippen molar-refractivity contribution >= 4 is 40.5 Å². The monoisotopic (exact) mass is 352 g/mol. The number of nitrogens with one attached hydrogen (secondary N) is 2. The summed E-state index contributed by atoms with van der Waals surface area (Å²) in [6.07, 6.45) is 0.967. The van der Waals surface area contributed by atoms with Crippen LogP contribution in [0.3, 0.4) is 0 Å². The lowest BCUT2D eigenvalue weighted by molar-refractivity contribution is -0.114. The quantitative estimate of drug-likeness (QED) is 0.749. The molecule has 2 rings (SSSR count). The van der Waals surface area contributed by atoms with Crippen molar-refractivity contribution in [2.45, 2.75) is 13.3 Å². The van der Waals surface area contributed by atoms with E-state index in [1.807, 2.05) is 24.3 Å². The van der Waals surface area contributed by atoms with Gasteiger partial charge in [0.15, 0.2) is 0 Å². The van der Waals surface area contributed by atoms with Crippen molar-refractivity contribution in [2.75, 3.05) is 23.8 Å². The molecule has 6 heteroatoms. The van der Waals surface area contributed by atoms with Gasteiger partial charge in [-0.1, -0.05) is 30.1 Å². The number of carbonyl (C=O) groups excluding carboxylic acids is 1. The zero-order chi connectivity index (χ0) is 16.7. The van der Waals surface area contributed by atoms with Crippen LogP contribution < -0.4 is 15.4 Å². The van der Waals surface area contributed by atoms with Crippen molar-refractivity contribution in [3.63, 3.8) is 0 Å². The van der Waals surface area contributed by atoms with Gasteiger partial charge in [-0.15, -0.1) is 0 Å². The van der Waals surface area contributed by atoms with E-state index >= 15 is 0 Å². The third-order valence-electron chi connectivity index (χ3n) is 2.98. The van der Waals surface area contributed by atoms with Crippen LogP contribution in [0.4, 0.5) is 11.4 Å². The molecular weight excluding hydrogens is 335 g/mol. The van der Waals surface area contributed by atoms with Gasteiger partial charge >= 0.3 is 0 Å². The van der Waals surface area contributed by atoms with Gasteiger partial charge in [0, 0.05) is 11.4 Å². The maximum atomic E-state index is 11.9. The predicted octanol–water partition coefficient (Wildman–Crippen LogP) is 4.83. The number of anilines is 2. The number of rotatable bonds is 7. The highest BCUT2D eigenvalue weighted by Gasteiger charge is 2.05. The molecule has 0 fully saturated rings. The van der Waals surface area contributed by atoms with E-state index in [1.54, 1.807) is 18.2 Å². The van der Waals surface area contributed by atoms with Gasteiger partial charge in [0.05, 0.1) is 23.2 Å². The van der Waals surface area contributed by atoms with E-state index in [-0.39, 0.29) is 12.5 Å². The van der Waals surface area contributed by atoms with Crippen LogP contribution in [-0.2, 0) is 4.79 Å². The molecule has 2 aromatic rings. The number of ether oxygens (including phenoxy) is 1. The number of hydrogen-bond donors (Lipinski definition) is 2. The number of halogens is 2. The fraction of sp³-hybridized carbons (Fsp3) is 0.235. The molecule has 4 nitrogen and oxygen atoms in total. The lowest BCUT2D eigenvalue weighted by Crippen LogP contribution is -2.21. The SMILES string of the molecule is CCCOc1ccc(NCC(=O)Nc2ccc(Cl)c(Cl)c2)cc1. The summed E-state index contributed by atoms with van der Waals surface area (Å²) >= 11 is 11.7. The molecule has 1 amide bonds. The third-order valence-corrected chi connectivity index (χ3v) is 3.72. The van der Waals surface area contributed by atoms with E-state index in [0.717, 1.165) is 17.9 Å². The third kappa shape index (κ3) is 5.66. The topological polar surface area (TPSA) is 50.4 Å². The van der Waals surface area contributed by atoms with E-state index in [0.29, 0.717) is 22.3 Å².